The normalized spacial score (nSPS) is 24.1. The fraction of sp³-hybridized carbons (Fsp3) is 0.545. The lowest BCUT2D eigenvalue weighted by molar-refractivity contribution is -0.125. The molecule has 6 heteroatoms. The minimum absolute atomic E-state index is 0.266. The fourth-order valence-corrected chi connectivity index (χ4v) is 2.21. The Morgan fingerprint density at radius 1 is 1.59 bits per heavy atom. The maximum atomic E-state index is 11.4. The van der Waals surface area contributed by atoms with Crippen molar-refractivity contribution < 1.29 is 4.79 Å². The summed E-state index contributed by atoms with van der Waals surface area (Å²) in [5.74, 6) is 0.521. The van der Waals surface area contributed by atoms with Crippen molar-refractivity contribution in [1.29, 1.82) is 0 Å². The van der Waals surface area contributed by atoms with Crippen LogP contribution in [0.15, 0.2) is 6.33 Å². The lowest BCUT2D eigenvalue weighted by Gasteiger charge is -2.22. The topological polar surface area (TPSA) is 72.1 Å². The molecule has 92 valence electrons. The standard InChI is InChI=1S/C11H15ClN4O/c1-7-8(12)14-6-15-9(7)16-4-3-11(2,5-16)10(13)17/h6H,3-5H2,1-2H3,(H2,13,17). The lowest BCUT2D eigenvalue weighted by Crippen LogP contribution is -2.37. The highest BCUT2D eigenvalue weighted by atomic mass is 35.5. The zero-order valence-corrected chi connectivity index (χ0v) is 10.7. The molecule has 0 radical (unpaired) electrons. The number of carbonyl (C=O) groups excluding carboxylic acids is 1. The zero-order valence-electron chi connectivity index (χ0n) is 9.90. The number of hydrogen-bond donors (Lipinski definition) is 1. The van der Waals surface area contributed by atoms with Crippen molar-refractivity contribution in [3.05, 3.63) is 17.0 Å². The predicted molar refractivity (Wildman–Crippen MR) is 65.9 cm³/mol. The van der Waals surface area contributed by atoms with E-state index in [-0.39, 0.29) is 5.91 Å². The third-order valence-electron chi connectivity index (χ3n) is 3.36. The van der Waals surface area contributed by atoms with Gasteiger partial charge >= 0.3 is 0 Å². The Morgan fingerprint density at radius 2 is 2.29 bits per heavy atom. The van der Waals surface area contributed by atoms with E-state index in [1.807, 2.05) is 18.7 Å². The van der Waals surface area contributed by atoms with Crippen LogP contribution in [-0.2, 0) is 4.79 Å². The lowest BCUT2D eigenvalue weighted by atomic mass is 9.89. The van der Waals surface area contributed by atoms with Crippen LogP contribution in [0.4, 0.5) is 5.82 Å². The van der Waals surface area contributed by atoms with Gasteiger partial charge in [0.1, 0.15) is 17.3 Å². The molecule has 5 nitrogen and oxygen atoms in total. The minimum atomic E-state index is -0.482. The third kappa shape index (κ3) is 2.07. The monoisotopic (exact) mass is 254 g/mol. The molecule has 1 fully saturated rings. The number of primary amides is 1. The first-order valence-corrected chi connectivity index (χ1v) is 5.84. The van der Waals surface area contributed by atoms with Crippen molar-refractivity contribution in [3.8, 4) is 0 Å². The predicted octanol–water partition coefficient (Wildman–Crippen LogP) is 1.14. The molecule has 1 atom stereocenters. The SMILES string of the molecule is Cc1c(Cl)ncnc1N1CCC(C)(C(N)=O)C1. The molecule has 0 bridgehead atoms. The highest BCUT2D eigenvalue weighted by Gasteiger charge is 2.39. The van der Waals surface area contributed by atoms with Crippen molar-refractivity contribution in [3.63, 3.8) is 0 Å². The van der Waals surface area contributed by atoms with Gasteiger partial charge in [-0.15, -0.1) is 0 Å². The molecule has 2 heterocycles. The van der Waals surface area contributed by atoms with E-state index in [2.05, 4.69) is 9.97 Å². The molecule has 0 saturated carbocycles. The van der Waals surface area contributed by atoms with E-state index in [0.29, 0.717) is 11.7 Å². The summed E-state index contributed by atoms with van der Waals surface area (Å²) in [6.45, 7) is 5.09. The first-order chi connectivity index (χ1) is 7.94. The molecular weight excluding hydrogens is 240 g/mol. The number of anilines is 1. The summed E-state index contributed by atoms with van der Waals surface area (Å²) in [6, 6.07) is 0. The third-order valence-corrected chi connectivity index (χ3v) is 3.74. The quantitative estimate of drug-likeness (QED) is 0.804. The molecule has 2 N–H and O–H groups in total. The van der Waals surface area contributed by atoms with Crippen molar-refractivity contribution >= 4 is 23.3 Å². The van der Waals surface area contributed by atoms with Gasteiger partial charge in [-0.05, 0) is 20.3 Å². The summed E-state index contributed by atoms with van der Waals surface area (Å²) in [7, 11) is 0. The summed E-state index contributed by atoms with van der Waals surface area (Å²) < 4.78 is 0. The van der Waals surface area contributed by atoms with Gasteiger partial charge < -0.3 is 10.6 Å². The smallest absolute Gasteiger partial charge is 0.225 e. The van der Waals surface area contributed by atoms with E-state index < -0.39 is 5.41 Å². The summed E-state index contributed by atoms with van der Waals surface area (Å²) in [5, 5.41) is 0.447. The van der Waals surface area contributed by atoms with Crippen LogP contribution in [0, 0.1) is 12.3 Å². The van der Waals surface area contributed by atoms with Gasteiger partial charge in [-0.2, -0.15) is 0 Å². The summed E-state index contributed by atoms with van der Waals surface area (Å²) in [6.07, 6.45) is 2.17. The second-order valence-electron chi connectivity index (χ2n) is 4.71. The Bertz CT molecular complexity index is 465. The fourth-order valence-electron chi connectivity index (χ4n) is 2.08. The Balaban J connectivity index is 2.27. The number of hydrogen-bond acceptors (Lipinski definition) is 4. The van der Waals surface area contributed by atoms with E-state index >= 15 is 0 Å². The number of carbonyl (C=O) groups is 1. The Morgan fingerprint density at radius 3 is 2.88 bits per heavy atom. The number of aromatic nitrogens is 2. The van der Waals surface area contributed by atoms with E-state index in [0.717, 1.165) is 24.3 Å². The Kier molecular flexibility index (Phi) is 2.95. The number of rotatable bonds is 2. The van der Waals surface area contributed by atoms with Crippen LogP contribution in [0.5, 0.6) is 0 Å². The number of halogens is 1. The van der Waals surface area contributed by atoms with Gasteiger partial charge in [-0.3, -0.25) is 4.79 Å². The minimum Gasteiger partial charge on any atom is -0.369 e. The van der Waals surface area contributed by atoms with Gasteiger partial charge in [-0.25, -0.2) is 9.97 Å². The highest BCUT2D eigenvalue weighted by Crippen LogP contribution is 2.34. The molecular formula is C11H15ClN4O. The molecule has 1 aromatic rings. The highest BCUT2D eigenvalue weighted by molar-refractivity contribution is 6.30. The zero-order chi connectivity index (χ0) is 12.6. The van der Waals surface area contributed by atoms with Crippen LogP contribution >= 0.6 is 11.6 Å². The van der Waals surface area contributed by atoms with Crippen LogP contribution in [0.1, 0.15) is 18.9 Å². The molecule has 1 saturated heterocycles. The molecule has 17 heavy (non-hydrogen) atoms. The first-order valence-electron chi connectivity index (χ1n) is 5.46. The Hall–Kier alpha value is -1.36. The maximum absolute atomic E-state index is 11.4. The molecule has 1 aromatic heterocycles. The second-order valence-corrected chi connectivity index (χ2v) is 5.07. The van der Waals surface area contributed by atoms with Crippen LogP contribution < -0.4 is 10.6 Å². The van der Waals surface area contributed by atoms with Crippen LogP contribution in [0.25, 0.3) is 0 Å². The largest absolute Gasteiger partial charge is 0.369 e. The Labute approximate surface area is 105 Å². The van der Waals surface area contributed by atoms with E-state index in [1.165, 1.54) is 6.33 Å². The summed E-state index contributed by atoms with van der Waals surface area (Å²) >= 11 is 5.96. The number of nitrogens with zero attached hydrogens (tertiary/aromatic N) is 3. The van der Waals surface area contributed by atoms with Gasteiger partial charge in [0.05, 0.1) is 5.41 Å². The van der Waals surface area contributed by atoms with Gasteiger partial charge in [0, 0.05) is 18.7 Å². The van der Waals surface area contributed by atoms with Crippen molar-refractivity contribution in [2.24, 2.45) is 11.1 Å². The average molecular weight is 255 g/mol. The van der Waals surface area contributed by atoms with Gasteiger partial charge in [-0.1, -0.05) is 11.6 Å². The van der Waals surface area contributed by atoms with Crippen LogP contribution in [0.3, 0.4) is 0 Å². The number of amides is 1. The first kappa shape index (κ1) is 12.1. The van der Waals surface area contributed by atoms with Gasteiger partial charge in [0.2, 0.25) is 5.91 Å². The van der Waals surface area contributed by atoms with Crippen molar-refractivity contribution in [2.75, 3.05) is 18.0 Å². The second kappa shape index (κ2) is 4.14. The van der Waals surface area contributed by atoms with E-state index in [9.17, 15) is 4.79 Å². The van der Waals surface area contributed by atoms with E-state index in [4.69, 9.17) is 17.3 Å². The molecule has 1 unspecified atom stereocenters. The van der Waals surface area contributed by atoms with Crippen molar-refractivity contribution in [2.45, 2.75) is 20.3 Å². The molecule has 1 amide bonds. The molecule has 2 rings (SSSR count). The number of nitrogens with two attached hydrogens (primary N) is 1. The molecule has 0 aliphatic carbocycles. The molecule has 1 aliphatic heterocycles. The summed E-state index contributed by atoms with van der Waals surface area (Å²) in [5.41, 5.74) is 5.77. The van der Waals surface area contributed by atoms with Crippen LogP contribution in [-0.4, -0.2) is 29.0 Å². The average Bonchev–Trinajstić information content (AvgIpc) is 2.66. The van der Waals surface area contributed by atoms with Crippen molar-refractivity contribution in [1.82, 2.24) is 9.97 Å². The van der Waals surface area contributed by atoms with Gasteiger partial charge in [0.15, 0.2) is 0 Å². The molecule has 0 spiro atoms. The van der Waals surface area contributed by atoms with E-state index in [1.54, 1.807) is 0 Å². The summed E-state index contributed by atoms with van der Waals surface area (Å²) in [4.78, 5) is 21.6. The molecule has 1 aliphatic rings. The maximum Gasteiger partial charge on any atom is 0.225 e. The van der Waals surface area contributed by atoms with Gasteiger partial charge in [0.25, 0.3) is 0 Å². The van der Waals surface area contributed by atoms with Crippen LogP contribution in [0.2, 0.25) is 5.15 Å². The molecule has 0 aromatic carbocycles.